The van der Waals surface area contributed by atoms with Crippen LogP contribution in [0.15, 0.2) is 77.7 Å². The standard InChI is InChI=1S/C36H39N7O5/c1-22-9-7-12-28-31(22)37-15-16-42(28)29-17-24-21-39-34(38-20-23-13-14-27(46-5)19-30(23)47-6)41-32(24)43(33(29)44)26-11-8-10-25(18-26)40-35(45)48-36(2,3)4/h7-14,17-19,21,37H,15-16,20H2,1-6H3,(H,40,45)(H,38,39,41). The number of aryl methyl sites for hydroxylation is 1. The predicted octanol–water partition coefficient (Wildman–Crippen LogP) is 6.63. The summed E-state index contributed by atoms with van der Waals surface area (Å²) < 4.78 is 17.9. The molecule has 3 heterocycles. The second-order valence-corrected chi connectivity index (χ2v) is 12.4. The molecule has 12 nitrogen and oxygen atoms in total. The number of carbonyl (C=O) groups excluding carboxylic acids is 1. The van der Waals surface area contributed by atoms with Crippen LogP contribution in [0.5, 0.6) is 11.5 Å². The second-order valence-electron chi connectivity index (χ2n) is 12.4. The third kappa shape index (κ3) is 6.68. The van der Waals surface area contributed by atoms with Crippen LogP contribution >= 0.6 is 0 Å². The highest BCUT2D eigenvalue weighted by Crippen LogP contribution is 2.36. The summed E-state index contributed by atoms with van der Waals surface area (Å²) in [4.78, 5) is 38.7. The van der Waals surface area contributed by atoms with Crippen molar-refractivity contribution in [2.45, 2.75) is 39.8 Å². The quantitative estimate of drug-likeness (QED) is 0.168. The molecule has 1 amide bonds. The van der Waals surface area contributed by atoms with E-state index in [9.17, 15) is 9.59 Å². The second kappa shape index (κ2) is 13.1. The summed E-state index contributed by atoms with van der Waals surface area (Å²) in [7, 11) is 3.21. The minimum Gasteiger partial charge on any atom is -0.497 e. The van der Waals surface area contributed by atoms with Gasteiger partial charge < -0.3 is 29.7 Å². The maximum Gasteiger partial charge on any atom is 0.412 e. The highest BCUT2D eigenvalue weighted by molar-refractivity contribution is 5.88. The molecule has 0 unspecified atom stereocenters. The van der Waals surface area contributed by atoms with E-state index in [2.05, 4.69) is 20.9 Å². The highest BCUT2D eigenvalue weighted by atomic mass is 16.6. The van der Waals surface area contributed by atoms with Gasteiger partial charge >= 0.3 is 6.09 Å². The van der Waals surface area contributed by atoms with E-state index in [0.717, 1.165) is 22.5 Å². The summed E-state index contributed by atoms with van der Waals surface area (Å²) in [5.74, 6) is 1.67. The number of nitrogens with zero attached hydrogens (tertiary/aromatic N) is 4. The average molecular weight is 650 g/mol. The van der Waals surface area contributed by atoms with E-state index in [1.165, 1.54) is 0 Å². The lowest BCUT2D eigenvalue weighted by atomic mass is 10.1. The molecule has 3 N–H and O–H groups in total. The van der Waals surface area contributed by atoms with Gasteiger partial charge in [0.2, 0.25) is 5.95 Å². The fraction of sp³-hybridized carbons (Fsp3) is 0.278. The van der Waals surface area contributed by atoms with Crippen LogP contribution < -0.4 is 35.9 Å². The van der Waals surface area contributed by atoms with E-state index >= 15 is 0 Å². The van der Waals surface area contributed by atoms with Gasteiger partial charge in [0, 0.05) is 48.5 Å². The van der Waals surface area contributed by atoms with Crippen LogP contribution in [0.1, 0.15) is 31.9 Å². The first-order valence-corrected chi connectivity index (χ1v) is 15.6. The first kappa shape index (κ1) is 32.2. The number of pyridine rings is 1. The number of amides is 1. The normalized spacial score (nSPS) is 12.6. The summed E-state index contributed by atoms with van der Waals surface area (Å²) in [6.45, 7) is 9.05. The molecule has 5 aromatic rings. The number of methoxy groups -OCH3 is 2. The number of ether oxygens (including phenoxy) is 3. The van der Waals surface area contributed by atoms with E-state index in [1.54, 1.807) is 70.0 Å². The molecule has 1 aliphatic rings. The lowest BCUT2D eigenvalue weighted by Gasteiger charge is -2.33. The molecular weight excluding hydrogens is 610 g/mol. The number of para-hydroxylation sites is 1. The third-order valence-corrected chi connectivity index (χ3v) is 7.87. The van der Waals surface area contributed by atoms with E-state index in [4.69, 9.17) is 19.2 Å². The molecule has 2 aromatic heterocycles. The van der Waals surface area contributed by atoms with Crippen molar-refractivity contribution in [1.82, 2.24) is 14.5 Å². The van der Waals surface area contributed by atoms with Crippen molar-refractivity contribution in [2.75, 3.05) is 48.2 Å². The van der Waals surface area contributed by atoms with Gasteiger partial charge in [0.15, 0.2) is 5.65 Å². The first-order chi connectivity index (χ1) is 23.0. The van der Waals surface area contributed by atoms with Crippen LogP contribution in [0.2, 0.25) is 0 Å². The minimum absolute atomic E-state index is 0.271. The molecule has 0 atom stereocenters. The molecule has 48 heavy (non-hydrogen) atoms. The number of hydrogen-bond donors (Lipinski definition) is 3. The van der Waals surface area contributed by atoms with Crippen molar-refractivity contribution in [1.29, 1.82) is 0 Å². The molecule has 6 rings (SSSR count). The fourth-order valence-corrected chi connectivity index (χ4v) is 5.69. The van der Waals surface area contributed by atoms with Crippen molar-refractivity contribution in [3.63, 3.8) is 0 Å². The number of carbonyl (C=O) groups is 1. The van der Waals surface area contributed by atoms with Crippen molar-refractivity contribution in [3.05, 3.63) is 94.4 Å². The molecule has 0 saturated carbocycles. The number of nitrogens with one attached hydrogen (secondary N) is 3. The Morgan fingerprint density at radius 1 is 1.00 bits per heavy atom. The Labute approximate surface area is 278 Å². The van der Waals surface area contributed by atoms with Crippen molar-refractivity contribution < 1.29 is 19.0 Å². The zero-order valence-corrected chi connectivity index (χ0v) is 27.9. The first-order valence-electron chi connectivity index (χ1n) is 15.6. The van der Waals surface area contributed by atoms with E-state index in [-0.39, 0.29) is 5.56 Å². The Morgan fingerprint density at radius 3 is 2.58 bits per heavy atom. The molecule has 0 radical (unpaired) electrons. The van der Waals surface area contributed by atoms with Gasteiger partial charge in [-0.05, 0) is 75.7 Å². The van der Waals surface area contributed by atoms with Crippen LogP contribution in [0.25, 0.3) is 16.7 Å². The summed E-state index contributed by atoms with van der Waals surface area (Å²) in [6, 6.07) is 20.5. The van der Waals surface area contributed by atoms with Gasteiger partial charge in [-0.1, -0.05) is 18.2 Å². The number of fused-ring (bicyclic) bond motifs is 2. The van der Waals surface area contributed by atoms with Crippen molar-refractivity contribution in [2.24, 2.45) is 0 Å². The molecular formula is C36H39N7O5. The van der Waals surface area contributed by atoms with Gasteiger partial charge in [-0.25, -0.2) is 9.78 Å². The number of benzene rings is 3. The summed E-state index contributed by atoms with van der Waals surface area (Å²) in [5, 5.41) is 10.2. The maximum absolute atomic E-state index is 14.6. The molecule has 3 aromatic carbocycles. The monoisotopic (exact) mass is 649 g/mol. The zero-order valence-electron chi connectivity index (χ0n) is 27.9. The lowest BCUT2D eigenvalue weighted by molar-refractivity contribution is 0.0636. The molecule has 0 spiro atoms. The Bertz CT molecular complexity index is 2050. The SMILES string of the molecule is COc1ccc(CNc2ncc3cc(N4CCNc5c(C)cccc54)c(=O)n(-c4cccc(NC(=O)OC(C)(C)C)c4)c3n2)c(OC)c1. The fourth-order valence-electron chi connectivity index (χ4n) is 5.69. The molecule has 1 aliphatic heterocycles. The zero-order chi connectivity index (χ0) is 34.0. The van der Waals surface area contributed by atoms with Gasteiger partial charge in [0.05, 0.1) is 31.3 Å². The Balaban J connectivity index is 1.45. The van der Waals surface area contributed by atoms with Gasteiger partial charge in [0.1, 0.15) is 22.8 Å². The number of anilines is 5. The Kier molecular flexibility index (Phi) is 8.81. The minimum atomic E-state index is -0.669. The molecule has 0 saturated heterocycles. The van der Waals surface area contributed by atoms with Crippen molar-refractivity contribution >= 4 is 45.8 Å². The van der Waals surface area contributed by atoms with Crippen LogP contribution in [0.4, 0.5) is 33.5 Å². The molecule has 0 fully saturated rings. The summed E-state index contributed by atoms with van der Waals surface area (Å²) >= 11 is 0. The highest BCUT2D eigenvalue weighted by Gasteiger charge is 2.25. The van der Waals surface area contributed by atoms with Crippen LogP contribution in [-0.4, -0.2) is 53.5 Å². The van der Waals surface area contributed by atoms with Gasteiger partial charge in [0.25, 0.3) is 5.56 Å². The van der Waals surface area contributed by atoms with Gasteiger partial charge in [-0.15, -0.1) is 0 Å². The van der Waals surface area contributed by atoms with Gasteiger partial charge in [-0.3, -0.25) is 14.7 Å². The summed E-state index contributed by atoms with van der Waals surface area (Å²) in [6.07, 6.45) is 1.11. The average Bonchev–Trinajstić information content (AvgIpc) is 3.06. The van der Waals surface area contributed by atoms with E-state index in [1.807, 2.05) is 54.3 Å². The number of aromatic nitrogens is 3. The van der Waals surface area contributed by atoms with Gasteiger partial charge in [-0.2, -0.15) is 4.98 Å². The maximum atomic E-state index is 14.6. The largest absolute Gasteiger partial charge is 0.497 e. The molecule has 12 heteroatoms. The molecule has 0 bridgehead atoms. The summed E-state index contributed by atoms with van der Waals surface area (Å²) in [5.41, 5.74) is 4.79. The topological polar surface area (TPSA) is 132 Å². The molecule has 248 valence electrons. The van der Waals surface area contributed by atoms with E-state index < -0.39 is 11.7 Å². The smallest absolute Gasteiger partial charge is 0.412 e. The predicted molar refractivity (Wildman–Crippen MR) is 189 cm³/mol. The van der Waals surface area contributed by atoms with Crippen LogP contribution in [0.3, 0.4) is 0 Å². The lowest BCUT2D eigenvalue weighted by Crippen LogP contribution is -2.35. The number of rotatable bonds is 8. The Hall–Kier alpha value is -5.78. The Morgan fingerprint density at radius 2 is 1.81 bits per heavy atom. The van der Waals surface area contributed by atoms with Crippen LogP contribution in [0, 0.1) is 6.92 Å². The number of hydrogen-bond acceptors (Lipinski definition) is 10. The van der Waals surface area contributed by atoms with Crippen molar-refractivity contribution in [3.8, 4) is 17.2 Å². The third-order valence-electron chi connectivity index (χ3n) is 7.87. The van der Waals surface area contributed by atoms with Crippen LogP contribution in [-0.2, 0) is 11.3 Å². The molecule has 0 aliphatic carbocycles. The van der Waals surface area contributed by atoms with E-state index in [0.29, 0.717) is 65.2 Å².